The molecule has 16 heavy (non-hydrogen) atoms. The zero-order valence-electron chi connectivity index (χ0n) is 9.86. The molecule has 0 bridgehead atoms. The second-order valence-electron chi connectivity index (χ2n) is 3.66. The van der Waals surface area contributed by atoms with Gasteiger partial charge in [-0.3, -0.25) is 0 Å². The molecule has 0 unspecified atom stereocenters. The number of allylic oxidation sites excluding steroid dienone is 1. The third-order valence-electron chi connectivity index (χ3n) is 1.93. The molecule has 1 rings (SSSR count). The highest BCUT2D eigenvalue weighted by atomic mass is 32.2. The lowest BCUT2D eigenvalue weighted by atomic mass is 10.1. The van der Waals surface area contributed by atoms with Gasteiger partial charge in [0.05, 0.1) is 5.03 Å². The largest absolute Gasteiger partial charge is 0.383 e. The van der Waals surface area contributed by atoms with Crippen molar-refractivity contribution in [2.24, 2.45) is 0 Å². The summed E-state index contributed by atoms with van der Waals surface area (Å²) < 4.78 is 0. The van der Waals surface area contributed by atoms with Gasteiger partial charge in [-0.25, -0.2) is 0 Å². The predicted octanol–water partition coefficient (Wildman–Crippen LogP) is 3.61. The van der Waals surface area contributed by atoms with Crippen LogP contribution in [-0.2, 0) is 0 Å². The normalized spacial score (nSPS) is 11.6. The fourth-order valence-electron chi connectivity index (χ4n) is 1.22. The third-order valence-corrected chi connectivity index (χ3v) is 3.33. The molecule has 0 amide bonds. The lowest BCUT2D eigenvalue weighted by Gasteiger charge is -2.09. The highest BCUT2D eigenvalue weighted by Gasteiger charge is 2.02. The fourth-order valence-corrected chi connectivity index (χ4v) is 2.36. The number of thiocarbonyl (C=S) groups is 1. The van der Waals surface area contributed by atoms with E-state index < -0.39 is 0 Å². The highest BCUT2D eigenvalue weighted by molar-refractivity contribution is 8.03. The van der Waals surface area contributed by atoms with E-state index in [9.17, 15) is 0 Å². The van der Waals surface area contributed by atoms with Crippen LogP contribution in [0.1, 0.15) is 19.4 Å². The molecule has 1 nitrogen and oxygen atoms in total. The maximum absolute atomic E-state index is 5.39. The van der Waals surface area contributed by atoms with Gasteiger partial charge in [-0.05, 0) is 11.6 Å². The van der Waals surface area contributed by atoms with Crippen LogP contribution in [0.5, 0.6) is 0 Å². The van der Waals surface area contributed by atoms with Gasteiger partial charge in [0.25, 0.3) is 0 Å². The number of rotatable bonds is 5. The van der Waals surface area contributed by atoms with E-state index in [1.165, 1.54) is 0 Å². The van der Waals surface area contributed by atoms with Crippen molar-refractivity contribution in [1.29, 1.82) is 0 Å². The summed E-state index contributed by atoms with van der Waals surface area (Å²) in [5, 5.41) is 4.84. The van der Waals surface area contributed by atoms with Crippen LogP contribution < -0.4 is 5.32 Å². The first kappa shape index (κ1) is 13.3. The van der Waals surface area contributed by atoms with Crippen LogP contribution in [0.2, 0.25) is 0 Å². The summed E-state index contributed by atoms with van der Waals surface area (Å²) in [6, 6.07) is 10.1. The van der Waals surface area contributed by atoms with Crippen molar-refractivity contribution < 1.29 is 0 Å². The lowest BCUT2D eigenvalue weighted by molar-refractivity contribution is 1.06. The third kappa shape index (κ3) is 4.37. The Morgan fingerprint density at radius 3 is 2.44 bits per heavy atom. The summed E-state index contributed by atoms with van der Waals surface area (Å²) in [5.41, 5.74) is 1.09. The van der Waals surface area contributed by atoms with E-state index in [1.54, 1.807) is 11.8 Å². The highest BCUT2D eigenvalue weighted by Crippen LogP contribution is 2.19. The number of nitrogens with one attached hydrogen (secondary N) is 1. The standard InChI is InChI=1S/C13H17NS2/c1-10(2)16-13(14-3)9-12(15)11-7-5-4-6-8-11/h4-10,14H,1-3H3/b13-9+. The topological polar surface area (TPSA) is 12.0 Å². The summed E-state index contributed by atoms with van der Waals surface area (Å²) in [4.78, 5) is 0.873. The minimum absolute atomic E-state index is 0.553. The molecular formula is C13H17NS2. The molecule has 0 spiro atoms. The summed E-state index contributed by atoms with van der Waals surface area (Å²) >= 11 is 7.17. The van der Waals surface area contributed by atoms with Crippen LogP contribution in [-0.4, -0.2) is 17.2 Å². The minimum atomic E-state index is 0.553. The SMILES string of the molecule is CN/C(=C\C(=S)c1ccccc1)SC(C)C. The van der Waals surface area contributed by atoms with Crippen molar-refractivity contribution in [3.8, 4) is 0 Å². The molecule has 0 fully saturated rings. The molecule has 3 heteroatoms. The fraction of sp³-hybridized carbons (Fsp3) is 0.308. The minimum Gasteiger partial charge on any atom is -0.383 e. The summed E-state index contributed by atoms with van der Waals surface area (Å²) in [5.74, 6) is 0. The van der Waals surface area contributed by atoms with Crippen LogP contribution in [0, 0.1) is 0 Å². The van der Waals surface area contributed by atoms with Gasteiger partial charge < -0.3 is 5.32 Å². The Morgan fingerprint density at radius 2 is 1.94 bits per heavy atom. The Morgan fingerprint density at radius 1 is 1.31 bits per heavy atom. The van der Waals surface area contributed by atoms with Gasteiger partial charge >= 0.3 is 0 Å². The Balaban J connectivity index is 2.78. The van der Waals surface area contributed by atoms with Crippen LogP contribution in [0.25, 0.3) is 0 Å². The maximum Gasteiger partial charge on any atom is 0.0695 e. The Labute approximate surface area is 107 Å². The first-order valence-corrected chi connectivity index (χ1v) is 6.57. The van der Waals surface area contributed by atoms with Crippen molar-refractivity contribution in [3.05, 3.63) is 47.0 Å². The molecule has 0 radical (unpaired) electrons. The number of hydrogen-bond donors (Lipinski definition) is 1. The van der Waals surface area contributed by atoms with E-state index in [0.717, 1.165) is 15.5 Å². The molecule has 1 aromatic carbocycles. The smallest absolute Gasteiger partial charge is 0.0695 e. The summed E-state index contributed by atoms with van der Waals surface area (Å²) in [7, 11) is 1.93. The lowest BCUT2D eigenvalue weighted by Crippen LogP contribution is -2.07. The monoisotopic (exact) mass is 251 g/mol. The Kier molecular flexibility index (Phi) is 5.56. The molecule has 0 aliphatic carbocycles. The average molecular weight is 251 g/mol. The molecule has 0 saturated carbocycles. The summed E-state index contributed by atoms with van der Waals surface area (Å²) in [6.45, 7) is 4.34. The molecule has 1 N–H and O–H groups in total. The van der Waals surface area contributed by atoms with Crippen LogP contribution in [0.3, 0.4) is 0 Å². The zero-order valence-corrected chi connectivity index (χ0v) is 11.5. The molecular weight excluding hydrogens is 234 g/mol. The molecule has 0 aliphatic rings. The molecule has 1 aromatic rings. The number of benzene rings is 1. The maximum atomic E-state index is 5.39. The van der Waals surface area contributed by atoms with E-state index in [-0.39, 0.29) is 0 Å². The predicted molar refractivity (Wildman–Crippen MR) is 78.0 cm³/mol. The van der Waals surface area contributed by atoms with Crippen molar-refractivity contribution in [3.63, 3.8) is 0 Å². The molecule has 0 aliphatic heterocycles. The number of thioether (sulfide) groups is 1. The molecule has 0 aromatic heterocycles. The molecule has 0 atom stereocenters. The second-order valence-corrected chi connectivity index (χ2v) is 5.71. The van der Waals surface area contributed by atoms with E-state index in [1.807, 2.05) is 43.5 Å². The summed E-state index contributed by atoms with van der Waals surface area (Å²) in [6.07, 6.45) is 2.02. The van der Waals surface area contributed by atoms with Crippen LogP contribution >= 0.6 is 24.0 Å². The van der Waals surface area contributed by atoms with E-state index in [0.29, 0.717) is 5.25 Å². The van der Waals surface area contributed by atoms with E-state index in [2.05, 4.69) is 19.2 Å². The first-order chi connectivity index (χ1) is 7.63. The van der Waals surface area contributed by atoms with E-state index in [4.69, 9.17) is 12.2 Å². The Bertz CT molecular complexity index is 369. The molecule has 0 saturated heterocycles. The van der Waals surface area contributed by atoms with E-state index >= 15 is 0 Å². The zero-order chi connectivity index (χ0) is 12.0. The van der Waals surface area contributed by atoms with Crippen molar-refractivity contribution in [2.75, 3.05) is 7.05 Å². The average Bonchev–Trinajstić information content (AvgIpc) is 2.28. The van der Waals surface area contributed by atoms with Crippen molar-refractivity contribution in [2.45, 2.75) is 19.1 Å². The van der Waals surface area contributed by atoms with Gasteiger partial charge in [-0.15, -0.1) is 11.8 Å². The Hall–Kier alpha value is -0.800. The molecule has 86 valence electrons. The van der Waals surface area contributed by atoms with Gasteiger partial charge in [-0.1, -0.05) is 56.4 Å². The van der Waals surface area contributed by atoms with Crippen LogP contribution in [0.15, 0.2) is 41.4 Å². The van der Waals surface area contributed by atoms with Gasteiger partial charge in [0.15, 0.2) is 0 Å². The van der Waals surface area contributed by atoms with Crippen LogP contribution in [0.4, 0.5) is 0 Å². The second kappa shape index (κ2) is 6.71. The van der Waals surface area contributed by atoms with Crippen molar-refractivity contribution >= 4 is 28.8 Å². The van der Waals surface area contributed by atoms with Gasteiger partial charge in [-0.2, -0.15) is 0 Å². The van der Waals surface area contributed by atoms with Gasteiger partial charge in [0.1, 0.15) is 0 Å². The number of hydrogen-bond acceptors (Lipinski definition) is 3. The van der Waals surface area contributed by atoms with Gasteiger partial charge in [0.2, 0.25) is 0 Å². The molecule has 0 heterocycles. The first-order valence-electron chi connectivity index (χ1n) is 5.29. The van der Waals surface area contributed by atoms with Crippen molar-refractivity contribution in [1.82, 2.24) is 5.32 Å². The quantitative estimate of drug-likeness (QED) is 0.488. The van der Waals surface area contributed by atoms with Gasteiger partial charge in [0, 0.05) is 17.2 Å².